The summed E-state index contributed by atoms with van der Waals surface area (Å²) in [4.78, 5) is 4.76. The Bertz CT molecular complexity index is 949. The molecule has 1 spiro atoms. The van der Waals surface area contributed by atoms with Crippen LogP contribution in [0.25, 0.3) is 5.57 Å². The number of aromatic nitrogens is 1. The summed E-state index contributed by atoms with van der Waals surface area (Å²) in [7, 11) is 1.24. The van der Waals surface area contributed by atoms with Crippen molar-refractivity contribution in [1.29, 1.82) is 0 Å². The number of hydrogen-bond donors (Lipinski definition) is 0. The predicted octanol–water partition coefficient (Wildman–Crippen LogP) is 5.78. The van der Waals surface area contributed by atoms with Crippen molar-refractivity contribution in [3.8, 4) is 17.8 Å². The van der Waals surface area contributed by atoms with Gasteiger partial charge in [-0.25, -0.2) is 4.98 Å². The fraction of sp³-hybridized carbons (Fsp3) is 0.625. The van der Waals surface area contributed by atoms with Crippen LogP contribution in [0.15, 0.2) is 22.6 Å². The van der Waals surface area contributed by atoms with E-state index in [9.17, 15) is 0 Å². The Morgan fingerprint density at radius 1 is 1.28 bits per heavy atom. The molecule has 0 N–H and O–H groups in total. The van der Waals surface area contributed by atoms with Crippen LogP contribution in [0.4, 0.5) is 0 Å². The first-order valence-electron chi connectivity index (χ1n) is 10.9. The van der Waals surface area contributed by atoms with E-state index in [1.807, 2.05) is 37.4 Å². The number of ether oxygens (including phenoxy) is 2. The zero-order valence-corrected chi connectivity index (χ0v) is 23.1. The van der Waals surface area contributed by atoms with E-state index < -0.39 is 19.3 Å². The Morgan fingerprint density at radius 2 is 1.97 bits per heavy atom. The molecule has 1 saturated heterocycles. The average molecular weight is 494 g/mol. The van der Waals surface area contributed by atoms with Crippen LogP contribution in [0.1, 0.15) is 31.9 Å². The number of rotatable bonds is 7. The zero-order valence-electron chi connectivity index (χ0n) is 20.5. The second-order valence-electron chi connectivity index (χ2n) is 9.18. The van der Waals surface area contributed by atoms with Gasteiger partial charge in [-0.1, -0.05) is 24.0 Å². The van der Waals surface area contributed by atoms with E-state index in [1.165, 1.54) is 0 Å². The molecule has 1 aromatic heterocycles. The molecule has 0 radical (unpaired) electrons. The van der Waals surface area contributed by atoms with Gasteiger partial charge in [0.05, 0.1) is 16.6 Å². The van der Waals surface area contributed by atoms with Crippen molar-refractivity contribution in [3.05, 3.63) is 29.8 Å². The third-order valence-corrected chi connectivity index (χ3v) is 10.7. The maximum atomic E-state index is 7.06. The monoisotopic (exact) mass is 493 g/mol. The highest BCUT2D eigenvalue weighted by atomic mass is 32.2. The van der Waals surface area contributed by atoms with Crippen LogP contribution in [0.3, 0.4) is 0 Å². The molecule has 8 heteroatoms. The molecular weight excluding hydrogens is 458 g/mol. The minimum absolute atomic E-state index is 0.126. The van der Waals surface area contributed by atoms with Gasteiger partial charge in [0.2, 0.25) is 5.89 Å². The van der Waals surface area contributed by atoms with Gasteiger partial charge in [-0.05, 0) is 52.9 Å². The molecule has 2 atom stereocenters. The zero-order chi connectivity index (χ0) is 23.6. The molecule has 0 bridgehead atoms. The molecular formula is C24H35NO4S2Si. The Hall–Kier alpha value is -1.11. The summed E-state index contributed by atoms with van der Waals surface area (Å²) in [6.07, 6.45) is 7.38. The first-order valence-corrected chi connectivity index (χ1v) is 16.3. The van der Waals surface area contributed by atoms with Gasteiger partial charge in [0, 0.05) is 24.2 Å². The molecule has 0 aromatic carbocycles. The van der Waals surface area contributed by atoms with E-state index in [-0.39, 0.29) is 4.08 Å². The van der Waals surface area contributed by atoms with Crippen molar-refractivity contribution < 1.29 is 18.3 Å². The van der Waals surface area contributed by atoms with Crippen molar-refractivity contribution in [2.45, 2.75) is 56.5 Å². The van der Waals surface area contributed by atoms with Crippen LogP contribution in [0, 0.1) is 24.2 Å². The van der Waals surface area contributed by atoms with Gasteiger partial charge in [0.1, 0.15) is 17.9 Å². The molecule has 1 fully saturated rings. The number of aryl methyl sites for hydroxylation is 1. The average Bonchev–Trinajstić information content (AvgIpc) is 3.41. The number of oxazole rings is 1. The lowest BCUT2D eigenvalue weighted by Crippen LogP contribution is -2.58. The van der Waals surface area contributed by atoms with Crippen molar-refractivity contribution in [2.75, 3.05) is 32.3 Å². The Labute approximate surface area is 202 Å². The molecule has 2 aliphatic rings. The van der Waals surface area contributed by atoms with Gasteiger partial charge in [0.25, 0.3) is 0 Å². The summed E-state index contributed by atoms with van der Waals surface area (Å²) >= 11 is 4.01. The first-order chi connectivity index (χ1) is 15.1. The van der Waals surface area contributed by atoms with Gasteiger partial charge >= 0.3 is 5.95 Å². The van der Waals surface area contributed by atoms with Crippen LogP contribution < -0.4 is 4.74 Å². The second-order valence-corrected chi connectivity index (χ2v) is 16.7. The predicted molar refractivity (Wildman–Crippen MR) is 138 cm³/mol. The smallest absolute Gasteiger partial charge is 0.308 e. The number of hydrogen-bond acceptors (Lipinski definition) is 7. The third-order valence-electron chi connectivity index (χ3n) is 5.90. The van der Waals surface area contributed by atoms with Gasteiger partial charge in [0.15, 0.2) is 8.32 Å². The van der Waals surface area contributed by atoms with E-state index >= 15 is 0 Å². The van der Waals surface area contributed by atoms with Crippen molar-refractivity contribution in [2.24, 2.45) is 5.41 Å². The Balaban J connectivity index is 2.30. The van der Waals surface area contributed by atoms with Gasteiger partial charge in [-0.15, -0.1) is 23.5 Å². The molecule has 32 heavy (non-hydrogen) atoms. The highest BCUT2D eigenvalue weighted by Crippen LogP contribution is 2.70. The van der Waals surface area contributed by atoms with Crippen molar-refractivity contribution >= 4 is 37.4 Å². The quantitative estimate of drug-likeness (QED) is 0.271. The molecule has 1 aliphatic heterocycles. The molecule has 5 nitrogen and oxygen atoms in total. The summed E-state index contributed by atoms with van der Waals surface area (Å²) in [6.45, 7) is 13.2. The minimum atomic E-state index is -2.03. The van der Waals surface area contributed by atoms with E-state index in [0.717, 1.165) is 29.2 Å². The van der Waals surface area contributed by atoms with Crippen LogP contribution >= 0.6 is 23.5 Å². The van der Waals surface area contributed by atoms with Crippen molar-refractivity contribution in [3.63, 3.8) is 0 Å². The highest BCUT2D eigenvalue weighted by Gasteiger charge is 2.67. The first kappa shape index (κ1) is 25.5. The van der Waals surface area contributed by atoms with Gasteiger partial charge in [-0.3, -0.25) is 0 Å². The number of allylic oxidation sites excluding steroid dienone is 2. The summed E-state index contributed by atoms with van der Waals surface area (Å²) in [5.41, 5.74) is 0.412. The third kappa shape index (κ3) is 4.35. The molecule has 2 unspecified atom stereocenters. The maximum absolute atomic E-state index is 7.06. The molecule has 2 heterocycles. The molecule has 176 valence electrons. The lowest BCUT2D eigenvalue weighted by Gasteiger charge is -2.52. The standard InChI is InChI=1S/C24H35NO4S2Si/c1-9-12-23(13-10-15-26-4,29-32(6,7)8)22(3)19(11-14-24(22)30-16-17-31-24)20-25-18(2)21(27-5)28-20/h9,11-12H,14-17H2,1-8H3/b12-9-. The topological polar surface area (TPSA) is 53.7 Å². The number of nitrogens with zero attached hydrogens (tertiary/aromatic N) is 1. The van der Waals surface area contributed by atoms with Crippen LogP contribution in [0.5, 0.6) is 5.95 Å². The van der Waals surface area contributed by atoms with Crippen LogP contribution in [-0.4, -0.2) is 55.3 Å². The maximum Gasteiger partial charge on any atom is 0.308 e. The SMILES string of the molecule is C/C=C\C(C#CCOC)(O[Si](C)(C)C)C1(C)C(c2nc(C)c(OC)o2)=CCC12SCCS2. The molecule has 1 aromatic rings. The summed E-state index contributed by atoms with van der Waals surface area (Å²) in [6, 6.07) is 0. The Kier molecular flexibility index (Phi) is 7.68. The lowest BCUT2D eigenvalue weighted by molar-refractivity contribution is 0.0665. The number of thioether (sulfide) groups is 2. The van der Waals surface area contributed by atoms with Crippen molar-refractivity contribution in [1.82, 2.24) is 4.98 Å². The van der Waals surface area contributed by atoms with E-state index in [0.29, 0.717) is 18.4 Å². The summed E-state index contributed by atoms with van der Waals surface area (Å²) in [5, 5.41) is 0. The Morgan fingerprint density at radius 3 is 2.50 bits per heavy atom. The van der Waals surface area contributed by atoms with E-state index in [1.54, 1.807) is 14.2 Å². The highest BCUT2D eigenvalue weighted by molar-refractivity contribution is 8.21. The van der Waals surface area contributed by atoms with E-state index in [2.05, 4.69) is 56.6 Å². The van der Waals surface area contributed by atoms with Crippen LogP contribution in [-0.2, 0) is 9.16 Å². The normalized spacial score (nSPS) is 24.4. The fourth-order valence-corrected chi connectivity index (χ4v) is 9.59. The molecule has 0 saturated carbocycles. The van der Waals surface area contributed by atoms with Crippen LogP contribution in [0.2, 0.25) is 19.6 Å². The summed E-state index contributed by atoms with van der Waals surface area (Å²) in [5.74, 6) is 10.0. The minimum Gasteiger partial charge on any atom is -0.467 e. The van der Waals surface area contributed by atoms with Gasteiger partial charge in [-0.2, -0.15) is 0 Å². The summed E-state index contributed by atoms with van der Waals surface area (Å²) < 4.78 is 23.7. The largest absolute Gasteiger partial charge is 0.467 e. The fourth-order valence-electron chi connectivity index (χ4n) is 4.63. The van der Waals surface area contributed by atoms with E-state index in [4.69, 9.17) is 23.3 Å². The number of methoxy groups -OCH3 is 2. The molecule has 3 rings (SSSR count). The molecule has 1 aliphatic carbocycles. The lowest BCUT2D eigenvalue weighted by atomic mass is 9.67. The van der Waals surface area contributed by atoms with Gasteiger partial charge < -0.3 is 18.3 Å². The second kappa shape index (κ2) is 9.63. The molecule has 0 amide bonds.